The van der Waals surface area contributed by atoms with Gasteiger partial charge in [0.1, 0.15) is 30.1 Å². The van der Waals surface area contributed by atoms with E-state index in [-0.39, 0.29) is 6.23 Å². The molecule has 0 spiro atoms. The lowest BCUT2D eigenvalue weighted by molar-refractivity contribution is -0.0355. The lowest BCUT2D eigenvalue weighted by Crippen LogP contribution is -2.25. The Morgan fingerprint density at radius 1 is 1.50 bits per heavy atom. The van der Waals surface area contributed by atoms with E-state index < -0.39 is 19.7 Å². The number of aliphatic hydroxyl groups excluding tert-OH is 1. The number of terminal acetylenes is 1. The Morgan fingerprint density at radius 2 is 2.31 bits per heavy atom. The van der Waals surface area contributed by atoms with Crippen LogP contribution in [0.1, 0.15) is 24.6 Å². The molecular formula is C16H19N4O3P3. The standard InChI is InChI=1S/C16H19N4O3P3/c1-2-3-4-5-10-7-20(16-14(10)15(17)18-9-19-16)13-6-11(21)12(23-13)8-22-26(24)25/h1,7,9,11-13,21H,3,6,8,24-25H2,(H2,17,18,19)/t11-,12-,13-/m1/s1. The average molecular weight is 408 g/mol. The van der Waals surface area contributed by atoms with E-state index >= 15 is 0 Å². The number of anilines is 1. The zero-order valence-corrected chi connectivity index (χ0v) is 17.1. The van der Waals surface area contributed by atoms with Gasteiger partial charge in [-0.25, -0.2) is 9.97 Å². The number of aliphatic hydroxyl groups is 1. The molecule has 136 valence electrons. The number of fused-ring (bicyclic) bond motifs is 1. The molecule has 7 nitrogen and oxygen atoms in total. The SMILES string of the molecule is C#CCC#Cc1cn([C@H]2C[C@@H](O)[C@@H](COP(P)P)O2)c2ncnc(N)c12. The van der Waals surface area contributed by atoms with Crippen molar-refractivity contribution in [3.8, 4) is 24.2 Å². The molecule has 0 radical (unpaired) electrons. The summed E-state index contributed by atoms with van der Waals surface area (Å²) in [5.74, 6) is 8.74. The minimum absolute atomic E-state index is 0.321. The zero-order valence-electron chi connectivity index (χ0n) is 13.9. The van der Waals surface area contributed by atoms with Gasteiger partial charge in [-0.3, -0.25) is 0 Å². The summed E-state index contributed by atoms with van der Waals surface area (Å²) in [5.41, 5.74) is 7.32. The lowest BCUT2D eigenvalue weighted by atomic mass is 10.2. The van der Waals surface area contributed by atoms with E-state index in [4.69, 9.17) is 21.4 Å². The van der Waals surface area contributed by atoms with Gasteiger partial charge in [-0.15, -0.1) is 6.42 Å². The molecular weight excluding hydrogens is 389 g/mol. The van der Waals surface area contributed by atoms with Gasteiger partial charge in [0.2, 0.25) is 0 Å². The maximum absolute atomic E-state index is 10.3. The van der Waals surface area contributed by atoms with Crippen molar-refractivity contribution < 1.29 is 14.4 Å². The first-order valence-electron chi connectivity index (χ1n) is 7.80. The van der Waals surface area contributed by atoms with Crippen LogP contribution in [0.5, 0.6) is 0 Å². The third-order valence-electron chi connectivity index (χ3n) is 3.95. The molecule has 0 aromatic carbocycles. The highest BCUT2D eigenvalue weighted by Gasteiger charge is 2.36. The Balaban J connectivity index is 1.93. The Labute approximate surface area is 157 Å². The predicted molar refractivity (Wildman–Crippen MR) is 109 cm³/mol. The fourth-order valence-corrected chi connectivity index (χ4v) is 3.64. The smallest absolute Gasteiger partial charge is 0.148 e. The van der Waals surface area contributed by atoms with Gasteiger partial charge in [0, 0.05) is 12.6 Å². The van der Waals surface area contributed by atoms with Crippen LogP contribution in [0.15, 0.2) is 12.5 Å². The molecule has 0 aliphatic carbocycles. The van der Waals surface area contributed by atoms with Crippen LogP contribution in [-0.4, -0.2) is 38.5 Å². The molecule has 2 unspecified atom stereocenters. The predicted octanol–water partition coefficient (Wildman–Crippen LogP) is 2.03. The molecule has 0 saturated carbocycles. The Bertz CT molecular complexity index is 900. The number of rotatable bonds is 4. The summed E-state index contributed by atoms with van der Waals surface area (Å²) in [5, 5.41) is 11.0. The van der Waals surface area contributed by atoms with Crippen molar-refractivity contribution in [1.82, 2.24) is 14.5 Å². The number of nitrogen functional groups attached to an aromatic ring is 1. The highest BCUT2D eigenvalue weighted by Crippen LogP contribution is 2.54. The molecule has 3 N–H and O–H groups in total. The zero-order chi connectivity index (χ0) is 18.7. The van der Waals surface area contributed by atoms with Crippen molar-refractivity contribution in [2.45, 2.75) is 31.3 Å². The summed E-state index contributed by atoms with van der Waals surface area (Å²) in [6.07, 6.45) is 7.81. The van der Waals surface area contributed by atoms with E-state index in [9.17, 15) is 5.11 Å². The summed E-state index contributed by atoms with van der Waals surface area (Å²) in [6.45, 7) is 0.321. The van der Waals surface area contributed by atoms with E-state index in [1.165, 1.54) is 6.33 Å². The van der Waals surface area contributed by atoms with Crippen LogP contribution in [-0.2, 0) is 9.26 Å². The number of hydrogen-bond acceptors (Lipinski definition) is 6. The van der Waals surface area contributed by atoms with Gasteiger partial charge in [-0.05, 0) is 0 Å². The number of nitrogens with zero attached hydrogens (tertiary/aromatic N) is 3. The molecule has 3 rings (SSSR count). The van der Waals surface area contributed by atoms with Crippen molar-refractivity contribution in [3.63, 3.8) is 0 Å². The molecule has 2 aromatic heterocycles. The topological polar surface area (TPSA) is 95.4 Å². The highest BCUT2D eigenvalue weighted by atomic mass is 32.4. The number of nitrogens with two attached hydrogens (primary N) is 1. The number of aromatic nitrogens is 3. The molecule has 26 heavy (non-hydrogen) atoms. The van der Waals surface area contributed by atoms with Gasteiger partial charge in [-0.1, -0.05) is 35.6 Å². The molecule has 1 aliphatic rings. The van der Waals surface area contributed by atoms with Crippen LogP contribution in [0.4, 0.5) is 5.82 Å². The Morgan fingerprint density at radius 3 is 3.04 bits per heavy atom. The molecule has 1 fully saturated rings. The first kappa shape index (κ1) is 19.5. The van der Waals surface area contributed by atoms with Gasteiger partial charge >= 0.3 is 0 Å². The minimum Gasteiger partial charge on any atom is -0.390 e. The van der Waals surface area contributed by atoms with Crippen LogP contribution in [0, 0.1) is 24.2 Å². The molecule has 10 heteroatoms. The second kappa shape index (κ2) is 8.60. The monoisotopic (exact) mass is 408 g/mol. The molecule has 2 aromatic rings. The second-order valence-electron chi connectivity index (χ2n) is 5.68. The first-order chi connectivity index (χ1) is 12.5. The van der Waals surface area contributed by atoms with Crippen LogP contribution >= 0.6 is 25.4 Å². The van der Waals surface area contributed by atoms with Crippen molar-refractivity contribution in [2.75, 3.05) is 12.3 Å². The number of hydrogen-bond donors (Lipinski definition) is 2. The Hall–Kier alpha value is -1.29. The van der Waals surface area contributed by atoms with Gasteiger partial charge < -0.3 is 24.7 Å². The third kappa shape index (κ3) is 4.16. The van der Waals surface area contributed by atoms with Crippen LogP contribution < -0.4 is 5.73 Å². The summed E-state index contributed by atoms with van der Waals surface area (Å²) < 4.78 is 13.4. The van der Waals surface area contributed by atoms with E-state index in [1.807, 2.05) is 10.8 Å². The summed E-state index contributed by atoms with van der Waals surface area (Å²) in [4.78, 5) is 8.37. The van der Waals surface area contributed by atoms with E-state index in [1.54, 1.807) is 0 Å². The summed E-state index contributed by atoms with van der Waals surface area (Å²) >= 11 is 0. The molecule has 0 bridgehead atoms. The normalized spacial score (nSPS) is 22.3. The van der Waals surface area contributed by atoms with Crippen LogP contribution in [0.3, 0.4) is 0 Å². The Kier molecular flexibility index (Phi) is 6.44. The highest BCUT2D eigenvalue weighted by molar-refractivity contribution is 8.41. The van der Waals surface area contributed by atoms with Crippen molar-refractivity contribution in [1.29, 1.82) is 0 Å². The minimum atomic E-state index is -0.678. The van der Waals surface area contributed by atoms with E-state index in [0.717, 1.165) is 0 Å². The fraction of sp³-hybridized carbons (Fsp3) is 0.375. The molecule has 5 atom stereocenters. The maximum atomic E-state index is 10.3. The molecule has 3 heterocycles. The van der Waals surface area contributed by atoms with E-state index in [0.29, 0.717) is 41.9 Å². The summed E-state index contributed by atoms with van der Waals surface area (Å²) in [6, 6.07) is 0. The van der Waals surface area contributed by atoms with Gasteiger partial charge in [0.05, 0.1) is 37.6 Å². The van der Waals surface area contributed by atoms with E-state index in [2.05, 4.69) is 45.6 Å². The van der Waals surface area contributed by atoms with Crippen molar-refractivity contribution in [3.05, 3.63) is 18.1 Å². The van der Waals surface area contributed by atoms with Crippen molar-refractivity contribution >= 4 is 42.2 Å². The van der Waals surface area contributed by atoms with Crippen molar-refractivity contribution in [2.24, 2.45) is 0 Å². The van der Waals surface area contributed by atoms with Crippen LogP contribution in [0.25, 0.3) is 11.0 Å². The number of ether oxygens (including phenoxy) is 1. The average Bonchev–Trinajstić information content (AvgIpc) is 3.15. The first-order valence-corrected chi connectivity index (χ1v) is 12.3. The van der Waals surface area contributed by atoms with Gasteiger partial charge in [0.15, 0.2) is 0 Å². The van der Waals surface area contributed by atoms with Gasteiger partial charge in [0.25, 0.3) is 0 Å². The summed E-state index contributed by atoms with van der Waals surface area (Å²) in [7, 11) is 4.48. The second-order valence-corrected chi connectivity index (χ2v) is 11.5. The van der Waals surface area contributed by atoms with Gasteiger partial charge in [-0.2, -0.15) is 0 Å². The molecule has 0 amide bonds. The third-order valence-corrected chi connectivity index (χ3v) is 5.30. The molecule has 1 saturated heterocycles. The fourth-order valence-electron chi connectivity index (χ4n) is 2.81. The largest absolute Gasteiger partial charge is 0.390 e. The quantitative estimate of drug-likeness (QED) is 0.594. The lowest BCUT2D eigenvalue weighted by Gasteiger charge is -2.17. The molecule has 1 aliphatic heterocycles. The maximum Gasteiger partial charge on any atom is 0.148 e. The van der Waals surface area contributed by atoms with Crippen LogP contribution in [0.2, 0.25) is 0 Å².